The molecule has 1 unspecified atom stereocenters. The van der Waals surface area contributed by atoms with Crippen molar-refractivity contribution in [1.29, 1.82) is 0 Å². The fourth-order valence-electron chi connectivity index (χ4n) is 2.03. The quantitative estimate of drug-likeness (QED) is 0.707. The summed E-state index contributed by atoms with van der Waals surface area (Å²) in [7, 11) is 0. The van der Waals surface area contributed by atoms with Gasteiger partial charge in [0.1, 0.15) is 5.82 Å². The average Bonchev–Trinajstić information content (AvgIpc) is 2.64. The summed E-state index contributed by atoms with van der Waals surface area (Å²) in [6.45, 7) is 8.84. The lowest BCUT2D eigenvalue weighted by atomic mass is 9.87. The molecule has 2 rings (SSSR count). The van der Waals surface area contributed by atoms with E-state index in [9.17, 15) is 0 Å². The van der Waals surface area contributed by atoms with E-state index < -0.39 is 0 Å². The topological polar surface area (TPSA) is 17.8 Å². The number of imidazole rings is 1. The van der Waals surface area contributed by atoms with Gasteiger partial charge in [0.25, 0.3) is 0 Å². The van der Waals surface area contributed by atoms with Gasteiger partial charge in [-0.05, 0) is 30.5 Å². The molecule has 0 spiro atoms. The van der Waals surface area contributed by atoms with Crippen LogP contribution < -0.4 is 0 Å². The number of alkyl halides is 1. The summed E-state index contributed by atoms with van der Waals surface area (Å²) in [5.41, 5.74) is 2.14. The van der Waals surface area contributed by atoms with Crippen LogP contribution in [0.1, 0.15) is 39.6 Å². The van der Waals surface area contributed by atoms with Gasteiger partial charge in [-0.15, -0.1) is 11.6 Å². The van der Waals surface area contributed by atoms with Gasteiger partial charge in [-0.2, -0.15) is 0 Å². The van der Waals surface area contributed by atoms with E-state index in [2.05, 4.69) is 37.2 Å². The number of hydrogen-bond donors (Lipinski definition) is 0. The maximum absolute atomic E-state index is 6.09. The van der Waals surface area contributed by atoms with Gasteiger partial charge in [0.05, 0.1) is 16.9 Å². The fourth-order valence-corrected chi connectivity index (χ4v) is 2.38. The van der Waals surface area contributed by atoms with Crippen molar-refractivity contribution in [3.63, 3.8) is 0 Å². The third kappa shape index (κ3) is 2.36. The van der Waals surface area contributed by atoms with Crippen molar-refractivity contribution in [2.45, 2.75) is 39.6 Å². The molecule has 18 heavy (non-hydrogen) atoms. The number of aromatic nitrogens is 2. The van der Waals surface area contributed by atoms with E-state index in [-0.39, 0.29) is 5.41 Å². The molecule has 0 aliphatic rings. The van der Waals surface area contributed by atoms with Crippen LogP contribution in [0.15, 0.2) is 18.2 Å². The highest BCUT2D eigenvalue weighted by Crippen LogP contribution is 2.35. The van der Waals surface area contributed by atoms with Crippen LogP contribution >= 0.6 is 23.2 Å². The zero-order valence-electron chi connectivity index (χ0n) is 11.2. The lowest BCUT2D eigenvalue weighted by molar-refractivity contribution is 0.264. The zero-order chi connectivity index (χ0) is 13.5. The Hall–Kier alpha value is -0.730. The molecule has 1 aromatic heterocycles. The predicted octanol–water partition coefficient (Wildman–Crippen LogP) is 5.04. The number of benzene rings is 1. The minimum Gasteiger partial charge on any atom is -0.324 e. The summed E-state index contributed by atoms with van der Waals surface area (Å²) in [5.74, 6) is 1.31. The van der Waals surface area contributed by atoms with E-state index in [4.69, 9.17) is 23.2 Å². The van der Waals surface area contributed by atoms with Gasteiger partial charge in [0.15, 0.2) is 0 Å². The van der Waals surface area contributed by atoms with Gasteiger partial charge in [-0.3, -0.25) is 0 Å². The Balaban J connectivity index is 2.70. The first-order valence-electron chi connectivity index (χ1n) is 6.07. The summed E-state index contributed by atoms with van der Waals surface area (Å²) in [5, 5.41) is 0.728. The Morgan fingerprint density at radius 2 is 2.00 bits per heavy atom. The van der Waals surface area contributed by atoms with Crippen LogP contribution in [-0.2, 0) is 5.88 Å². The van der Waals surface area contributed by atoms with Gasteiger partial charge < -0.3 is 4.57 Å². The third-order valence-electron chi connectivity index (χ3n) is 3.48. The summed E-state index contributed by atoms with van der Waals surface area (Å²) in [6, 6.07) is 6.07. The van der Waals surface area contributed by atoms with Crippen LogP contribution in [0.3, 0.4) is 0 Å². The van der Waals surface area contributed by atoms with Crippen LogP contribution in [-0.4, -0.2) is 9.55 Å². The van der Waals surface area contributed by atoms with Gasteiger partial charge >= 0.3 is 0 Å². The molecule has 0 aliphatic heterocycles. The number of nitrogens with zero attached hydrogens (tertiary/aromatic N) is 2. The molecule has 1 atom stereocenters. The molecule has 0 bridgehead atoms. The molecule has 0 saturated heterocycles. The van der Waals surface area contributed by atoms with Crippen LogP contribution in [0.25, 0.3) is 11.0 Å². The van der Waals surface area contributed by atoms with Crippen molar-refractivity contribution >= 4 is 34.2 Å². The maximum Gasteiger partial charge on any atom is 0.125 e. The second-order valence-electron chi connectivity index (χ2n) is 5.71. The first-order chi connectivity index (χ1) is 8.34. The van der Waals surface area contributed by atoms with E-state index in [0.717, 1.165) is 21.9 Å². The predicted molar refractivity (Wildman–Crippen MR) is 78.5 cm³/mol. The van der Waals surface area contributed by atoms with Gasteiger partial charge in [0.2, 0.25) is 0 Å². The average molecular weight is 285 g/mol. The lowest BCUT2D eigenvalue weighted by Crippen LogP contribution is -2.22. The zero-order valence-corrected chi connectivity index (χ0v) is 12.7. The molecule has 0 aliphatic carbocycles. The van der Waals surface area contributed by atoms with E-state index in [1.54, 1.807) is 0 Å². The first-order valence-corrected chi connectivity index (χ1v) is 6.98. The van der Waals surface area contributed by atoms with Crippen molar-refractivity contribution in [2.24, 2.45) is 5.41 Å². The normalized spacial score (nSPS) is 14.1. The molecule has 1 heterocycles. The molecule has 0 N–H and O–H groups in total. The molecular weight excluding hydrogens is 267 g/mol. The molecular formula is C14H18Cl2N2. The first kappa shape index (κ1) is 13.7. The number of fused-ring (bicyclic) bond motifs is 1. The second kappa shape index (κ2) is 4.75. The number of rotatable bonds is 2. The summed E-state index contributed by atoms with van der Waals surface area (Å²) < 4.78 is 2.20. The minimum absolute atomic E-state index is 0.136. The SMILES string of the molecule is CC(n1c(CCl)nc2ccc(Cl)cc21)C(C)(C)C. The molecule has 0 saturated carbocycles. The highest BCUT2D eigenvalue weighted by Gasteiger charge is 2.25. The van der Waals surface area contributed by atoms with E-state index in [0.29, 0.717) is 11.9 Å². The molecule has 0 radical (unpaired) electrons. The van der Waals surface area contributed by atoms with Crippen LogP contribution in [0.4, 0.5) is 0 Å². The van der Waals surface area contributed by atoms with Crippen molar-refractivity contribution in [1.82, 2.24) is 9.55 Å². The molecule has 2 nitrogen and oxygen atoms in total. The van der Waals surface area contributed by atoms with Crippen molar-refractivity contribution in [3.05, 3.63) is 29.0 Å². The highest BCUT2D eigenvalue weighted by atomic mass is 35.5. The minimum atomic E-state index is 0.136. The van der Waals surface area contributed by atoms with Crippen LogP contribution in [0.5, 0.6) is 0 Å². The van der Waals surface area contributed by atoms with Crippen LogP contribution in [0, 0.1) is 5.41 Å². The van der Waals surface area contributed by atoms with Crippen molar-refractivity contribution in [3.8, 4) is 0 Å². The largest absolute Gasteiger partial charge is 0.324 e. The smallest absolute Gasteiger partial charge is 0.125 e. The monoisotopic (exact) mass is 284 g/mol. The Morgan fingerprint density at radius 1 is 1.33 bits per heavy atom. The molecule has 2 aromatic rings. The number of halogens is 2. The number of hydrogen-bond acceptors (Lipinski definition) is 1. The molecule has 1 aromatic carbocycles. The van der Waals surface area contributed by atoms with Gasteiger partial charge in [0, 0.05) is 11.1 Å². The Labute approximate surface area is 118 Å². The summed E-state index contributed by atoms with van der Waals surface area (Å²) in [6.07, 6.45) is 0. The van der Waals surface area contributed by atoms with E-state index >= 15 is 0 Å². The lowest BCUT2D eigenvalue weighted by Gasteiger charge is -2.30. The highest BCUT2D eigenvalue weighted by molar-refractivity contribution is 6.31. The third-order valence-corrected chi connectivity index (χ3v) is 3.96. The van der Waals surface area contributed by atoms with E-state index in [1.807, 2.05) is 18.2 Å². The second-order valence-corrected chi connectivity index (χ2v) is 6.41. The molecule has 0 amide bonds. The molecule has 98 valence electrons. The summed E-state index contributed by atoms with van der Waals surface area (Å²) in [4.78, 5) is 4.58. The van der Waals surface area contributed by atoms with Gasteiger partial charge in [-0.1, -0.05) is 32.4 Å². The standard InChI is InChI=1S/C14H18Cl2N2/c1-9(14(2,3)4)18-12-7-10(16)5-6-11(12)17-13(18)8-15/h5-7,9H,8H2,1-4H3. The maximum atomic E-state index is 6.09. The van der Waals surface area contributed by atoms with Crippen LogP contribution in [0.2, 0.25) is 5.02 Å². The molecule has 4 heteroatoms. The van der Waals surface area contributed by atoms with E-state index in [1.165, 1.54) is 0 Å². The molecule has 0 fully saturated rings. The van der Waals surface area contributed by atoms with Crippen molar-refractivity contribution < 1.29 is 0 Å². The fraction of sp³-hybridized carbons (Fsp3) is 0.500. The van der Waals surface area contributed by atoms with Crippen molar-refractivity contribution in [2.75, 3.05) is 0 Å². The summed E-state index contributed by atoms with van der Waals surface area (Å²) >= 11 is 12.1. The van der Waals surface area contributed by atoms with Gasteiger partial charge in [-0.25, -0.2) is 4.98 Å². The Bertz CT molecular complexity index is 567. The Kier molecular flexibility index (Phi) is 3.61. The Morgan fingerprint density at radius 3 is 2.56 bits per heavy atom.